The van der Waals surface area contributed by atoms with Crippen LogP contribution in [0.25, 0.3) is 0 Å². The predicted molar refractivity (Wildman–Crippen MR) is 47.9 cm³/mol. The molecule has 1 rings (SSSR count). The highest BCUT2D eigenvalue weighted by Crippen LogP contribution is 2.14. The highest BCUT2D eigenvalue weighted by atomic mass is 16.2. The number of rotatable bonds is 3. The Balaban J connectivity index is 2.23. The van der Waals surface area contributed by atoms with Crippen molar-refractivity contribution in [1.29, 1.82) is 0 Å². The monoisotopic (exact) mass is 199 g/mol. The van der Waals surface area contributed by atoms with Crippen molar-refractivity contribution in [2.45, 2.75) is 6.92 Å². The molecule has 0 aromatic rings. The van der Waals surface area contributed by atoms with Gasteiger partial charge >= 0.3 is 0 Å². The normalized spacial score (nSPS) is 15.9. The van der Waals surface area contributed by atoms with Gasteiger partial charge in [-0.1, -0.05) is 0 Å². The predicted octanol–water partition coefficient (Wildman–Crippen LogP) is -1.93. The first-order valence-electron chi connectivity index (χ1n) is 4.32. The van der Waals surface area contributed by atoms with E-state index in [2.05, 4.69) is 5.32 Å². The second-order valence-corrected chi connectivity index (χ2v) is 3.31. The molecule has 3 amide bonds. The minimum absolute atomic E-state index is 0.0380. The Hall–Kier alpha value is -1.59. The molecule has 0 aromatic heterocycles. The number of nitrogens with one attached hydrogen (secondary N) is 1. The zero-order valence-electron chi connectivity index (χ0n) is 7.95. The first kappa shape index (κ1) is 10.5. The van der Waals surface area contributed by atoms with Crippen LogP contribution < -0.4 is 11.1 Å². The first-order chi connectivity index (χ1) is 6.50. The molecule has 0 aliphatic carbocycles. The van der Waals surface area contributed by atoms with Crippen LogP contribution in [0.2, 0.25) is 0 Å². The van der Waals surface area contributed by atoms with Crippen molar-refractivity contribution in [3.05, 3.63) is 0 Å². The lowest BCUT2D eigenvalue weighted by atomic mass is 9.99. The van der Waals surface area contributed by atoms with Gasteiger partial charge in [-0.3, -0.25) is 14.4 Å². The molecule has 3 N–H and O–H groups in total. The van der Waals surface area contributed by atoms with E-state index in [1.54, 1.807) is 4.90 Å². The Morgan fingerprint density at radius 2 is 2.00 bits per heavy atom. The maximum atomic E-state index is 11.2. The number of hydrogen-bond donors (Lipinski definition) is 2. The number of hydrogen-bond acceptors (Lipinski definition) is 3. The molecule has 1 aliphatic rings. The van der Waals surface area contributed by atoms with Gasteiger partial charge in [0.05, 0.1) is 12.5 Å². The molecule has 0 unspecified atom stereocenters. The summed E-state index contributed by atoms with van der Waals surface area (Å²) in [4.78, 5) is 33.9. The van der Waals surface area contributed by atoms with Crippen LogP contribution in [0.15, 0.2) is 0 Å². The van der Waals surface area contributed by atoms with Gasteiger partial charge in [0, 0.05) is 20.0 Å². The fourth-order valence-electron chi connectivity index (χ4n) is 1.22. The molecule has 1 fully saturated rings. The van der Waals surface area contributed by atoms with Crippen LogP contribution in [0.4, 0.5) is 0 Å². The van der Waals surface area contributed by atoms with Crippen LogP contribution in [0.1, 0.15) is 6.92 Å². The number of nitrogens with two attached hydrogens (primary N) is 1. The van der Waals surface area contributed by atoms with Gasteiger partial charge in [-0.15, -0.1) is 0 Å². The van der Waals surface area contributed by atoms with Gasteiger partial charge in [0.25, 0.3) is 0 Å². The fourth-order valence-corrected chi connectivity index (χ4v) is 1.22. The maximum absolute atomic E-state index is 11.2. The lowest BCUT2D eigenvalue weighted by Gasteiger charge is -2.37. The van der Waals surface area contributed by atoms with E-state index in [0.29, 0.717) is 13.1 Å². The Kier molecular flexibility index (Phi) is 3.06. The number of amides is 3. The Bertz CT molecular complexity index is 271. The molecule has 0 spiro atoms. The van der Waals surface area contributed by atoms with E-state index in [1.165, 1.54) is 6.92 Å². The molecule has 78 valence electrons. The SMILES string of the molecule is CC(=O)N1CC(C(=O)NCC(N)=O)C1. The molecular weight excluding hydrogens is 186 g/mol. The largest absolute Gasteiger partial charge is 0.368 e. The number of carbonyl (C=O) groups excluding carboxylic acids is 3. The lowest BCUT2D eigenvalue weighted by Crippen LogP contribution is -2.55. The standard InChI is InChI=1S/C8H13N3O3/c1-5(12)11-3-6(4-11)8(14)10-2-7(9)13/h6H,2-4H2,1H3,(H2,9,13)(H,10,14). The van der Waals surface area contributed by atoms with Gasteiger partial charge in [-0.25, -0.2) is 0 Å². The molecule has 6 heteroatoms. The van der Waals surface area contributed by atoms with Crippen molar-refractivity contribution in [1.82, 2.24) is 10.2 Å². The van der Waals surface area contributed by atoms with Crippen molar-refractivity contribution < 1.29 is 14.4 Å². The van der Waals surface area contributed by atoms with Gasteiger partial charge in [0.15, 0.2) is 0 Å². The minimum Gasteiger partial charge on any atom is -0.368 e. The summed E-state index contributed by atoms with van der Waals surface area (Å²) in [5.74, 6) is -1.02. The molecule has 1 aliphatic heterocycles. The van der Waals surface area contributed by atoms with Crippen molar-refractivity contribution in [3.8, 4) is 0 Å². The average molecular weight is 199 g/mol. The molecular formula is C8H13N3O3. The second-order valence-electron chi connectivity index (χ2n) is 3.31. The highest BCUT2D eigenvalue weighted by Gasteiger charge is 2.33. The molecule has 0 aromatic carbocycles. The van der Waals surface area contributed by atoms with Crippen molar-refractivity contribution in [2.75, 3.05) is 19.6 Å². The van der Waals surface area contributed by atoms with E-state index in [0.717, 1.165) is 0 Å². The third kappa shape index (κ3) is 2.45. The van der Waals surface area contributed by atoms with Gasteiger partial charge in [0.1, 0.15) is 0 Å². The summed E-state index contributed by atoms with van der Waals surface area (Å²) in [6, 6.07) is 0. The van der Waals surface area contributed by atoms with Crippen LogP contribution in [-0.4, -0.2) is 42.3 Å². The quantitative estimate of drug-likeness (QED) is 0.554. The van der Waals surface area contributed by atoms with Crippen molar-refractivity contribution >= 4 is 17.7 Å². The topological polar surface area (TPSA) is 92.5 Å². The van der Waals surface area contributed by atoms with Gasteiger partial charge < -0.3 is 16.0 Å². The highest BCUT2D eigenvalue weighted by molar-refractivity contribution is 5.87. The van der Waals surface area contributed by atoms with Gasteiger partial charge in [-0.05, 0) is 0 Å². The van der Waals surface area contributed by atoms with Crippen LogP contribution in [0, 0.1) is 5.92 Å². The summed E-state index contributed by atoms with van der Waals surface area (Å²) >= 11 is 0. The number of primary amides is 1. The molecule has 0 radical (unpaired) electrons. The first-order valence-corrected chi connectivity index (χ1v) is 4.32. The summed E-state index contributed by atoms with van der Waals surface area (Å²) in [5.41, 5.74) is 4.86. The number of nitrogens with zero attached hydrogens (tertiary/aromatic N) is 1. The maximum Gasteiger partial charge on any atom is 0.236 e. The molecule has 6 nitrogen and oxygen atoms in total. The van der Waals surface area contributed by atoms with Crippen LogP contribution in [0.5, 0.6) is 0 Å². The summed E-state index contributed by atoms with van der Waals surface area (Å²) in [5, 5.41) is 2.39. The van der Waals surface area contributed by atoms with E-state index in [1.807, 2.05) is 0 Å². The second kappa shape index (κ2) is 4.08. The number of likely N-dealkylation sites (tertiary alicyclic amines) is 1. The van der Waals surface area contributed by atoms with E-state index in [9.17, 15) is 14.4 Å². The summed E-state index contributed by atoms with van der Waals surface area (Å²) in [6.07, 6.45) is 0. The smallest absolute Gasteiger partial charge is 0.236 e. The van der Waals surface area contributed by atoms with Crippen LogP contribution >= 0.6 is 0 Å². The van der Waals surface area contributed by atoms with Crippen molar-refractivity contribution in [2.24, 2.45) is 11.7 Å². The molecule has 0 saturated carbocycles. The minimum atomic E-state index is -0.568. The van der Waals surface area contributed by atoms with E-state index in [-0.39, 0.29) is 24.3 Å². The summed E-state index contributed by atoms with van der Waals surface area (Å²) in [6.45, 7) is 2.17. The Morgan fingerprint density at radius 3 is 2.43 bits per heavy atom. The molecule has 1 heterocycles. The third-order valence-electron chi connectivity index (χ3n) is 2.13. The molecule has 1 saturated heterocycles. The van der Waals surface area contributed by atoms with E-state index in [4.69, 9.17) is 5.73 Å². The van der Waals surface area contributed by atoms with E-state index < -0.39 is 5.91 Å². The molecule has 14 heavy (non-hydrogen) atoms. The Morgan fingerprint density at radius 1 is 1.43 bits per heavy atom. The Labute approximate surface area is 81.4 Å². The molecule has 0 atom stereocenters. The van der Waals surface area contributed by atoms with Gasteiger partial charge in [-0.2, -0.15) is 0 Å². The summed E-state index contributed by atoms with van der Waals surface area (Å²) < 4.78 is 0. The zero-order chi connectivity index (χ0) is 10.7. The molecule has 0 bridgehead atoms. The van der Waals surface area contributed by atoms with Crippen molar-refractivity contribution in [3.63, 3.8) is 0 Å². The van der Waals surface area contributed by atoms with Crippen LogP contribution in [-0.2, 0) is 14.4 Å². The third-order valence-corrected chi connectivity index (χ3v) is 2.13. The van der Waals surface area contributed by atoms with E-state index >= 15 is 0 Å². The number of carbonyl (C=O) groups is 3. The summed E-state index contributed by atoms with van der Waals surface area (Å²) in [7, 11) is 0. The van der Waals surface area contributed by atoms with Gasteiger partial charge in [0.2, 0.25) is 17.7 Å². The zero-order valence-corrected chi connectivity index (χ0v) is 7.95. The average Bonchev–Trinajstić information content (AvgIpc) is 1.97. The van der Waals surface area contributed by atoms with Crippen LogP contribution in [0.3, 0.4) is 0 Å². The lowest BCUT2D eigenvalue weighted by molar-refractivity contribution is -0.141. The fraction of sp³-hybridized carbons (Fsp3) is 0.625.